The molecule has 0 bridgehead atoms. The van der Waals surface area contributed by atoms with Gasteiger partial charge in [0.1, 0.15) is 0 Å². The smallest absolute Gasteiger partial charge is 0.317 e. The van der Waals surface area contributed by atoms with E-state index in [0.717, 1.165) is 0 Å². The molecule has 1 N–H and O–H groups in total. The van der Waals surface area contributed by atoms with Crippen molar-refractivity contribution in [3.63, 3.8) is 0 Å². The molecular formula is C21H31ClN4O3S. The lowest BCUT2D eigenvalue weighted by atomic mass is 10.2. The third-order valence-corrected chi connectivity index (χ3v) is 6.24. The summed E-state index contributed by atoms with van der Waals surface area (Å²) in [5, 5.41) is 3.32. The maximum Gasteiger partial charge on any atom is 0.317 e. The fourth-order valence-corrected chi connectivity index (χ4v) is 5.11. The standard InChI is InChI=1S/C21H31ClN4O3S/c1-6-23-20(27)25(12-15(2)3)13-19-11-24-21(26(19)16(4)5)30(28,29)14-17-8-7-9-18(22)10-17/h7-11,15-16H,6,12-14H2,1-5H3,(H,23,27). The van der Waals surface area contributed by atoms with E-state index in [4.69, 9.17) is 11.6 Å². The van der Waals surface area contributed by atoms with Gasteiger partial charge in [-0.1, -0.05) is 37.6 Å². The monoisotopic (exact) mass is 454 g/mol. The molecule has 7 nitrogen and oxygen atoms in total. The Morgan fingerprint density at radius 3 is 2.53 bits per heavy atom. The van der Waals surface area contributed by atoms with Crippen molar-refractivity contribution in [1.29, 1.82) is 0 Å². The Morgan fingerprint density at radius 1 is 1.27 bits per heavy atom. The third kappa shape index (κ3) is 6.22. The van der Waals surface area contributed by atoms with E-state index in [1.807, 2.05) is 34.6 Å². The minimum atomic E-state index is -3.70. The van der Waals surface area contributed by atoms with Crippen molar-refractivity contribution >= 4 is 27.5 Å². The van der Waals surface area contributed by atoms with Gasteiger partial charge in [0, 0.05) is 24.2 Å². The Labute approximate surface area is 184 Å². The highest BCUT2D eigenvalue weighted by Crippen LogP contribution is 2.24. The van der Waals surface area contributed by atoms with E-state index >= 15 is 0 Å². The van der Waals surface area contributed by atoms with Crippen LogP contribution in [-0.2, 0) is 22.1 Å². The molecule has 0 saturated heterocycles. The molecule has 0 fully saturated rings. The van der Waals surface area contributed by atoms with Crippen molar-refractivity contribution in [3.8, 4) is 0 Å². The van der Waals surface area contributed by atoms with Gasteiger partial charge in [-0.15, -0.1) is 0 Å². The Balaban J connectivity index is 2.38. The Hall–Kier alpha value is -2.06. The van der Waals surface area contributed by atoms with Crippen molar-refractivity contribution in [1.82, 2.24) is 19.8 Å². The van der Waals surface area contributed by atoms with Gasteiger partial charge < -0.3 is 14.8 Å². The first-order valence-corrected chi connectivity index (χ1v) is 12.1. The predicted octanol–water partition coefficient (Wildman–Crippen LogP) is 4.28. The van der Waals surface area contributed by atoms with Gasteiger partial charge in [-0.3, -0.25) is 0 Å². The zero-order valence-corrected chi connectivity index (χ0v) is 19.8. The molecule has 0 unspecified atom stereocenters. The van der Waals surface area contributed by atoms with Crippen LogP contribution in [0.2, 0.25) is 5.02 Å². The number of halogens is 1. The minimum absolute atomic E-state index is 0.00729. The Kier molecular flexibility index (Phi) is 8.32. The molecule has 0 aliphatic heterocycles. The number of hydrogen-bond donors (Lipinski definition) is 1. The number of sulfone groups is 1. The van der Waals surface area contributed by atoms with Crippen molar-refractivity contribution in [2.24, 2.45) is 5.92 Å². The van der Waals surface area contributed by atoms with Crippen LogP contribution >= 0.6 is 11.6 Å². The lowest BCUT2D eigenvalue weighted by Gasteiger charge is -2.26. The summed E-state index contributed by atoms with van der Waals surface area (Å²) >= 11 is 6.00. The second-order valence-electron chi connectivity index (χ2n) is 7.99. The number of imidazole rings is 1. The largest absolute Gasteiger partial charge is 0.338 e. The molecule has 30 heavy (non-hydrogen) atoms. The average Bonchev–Trinajstić information content (AvgIpc) is 3.05. The molecular weight excluding hydrogens is 424 g/mol. The lowest BCUT2D eigenvalue weighted by molar-refractivity contribution is 0.186. The highest BCUT2D eigenvalue weighted by molar-refractivity contribution is 7.90. The van der Waals surface area contributed by atoms with Gasteiger partial charge >= 0.3 is 6.03 Å². The van der Waals surface area contributed by atoms with Crippen LogP contribution in [0.15, 0.2) is 35.6 Å². The number of carbonyl (C=O) groups is 1. The summed E-state index contributed by atoms with van der Waals surface area (Å²) in [5.74, 6) is 0.0806. The molecule has 0 aliphatic rings. The topological polar surface area (TPSA) is 84.3 Å². The fourth-order valence-electron chi connectivity index (χ4n) is 3.31. The third-order valence-electron chi connectivity index (χ3n) is 4.43. The lowest BCUT2D eigenvalue weighted by Crippen LogP contribution is -2.41. The van der Waals surface area contributed by atoms with E-state index in [1.165, 1.54) is 0 Å². The van der Waals surface area contributed by atoms with Crippen LogP contribution in [0.1, 0.15) is 51.9 Å². The van der Waals surface area contributed by atoms with Crippen LogP contribution in [0.25, 0.3) is 0 Å². The van der Waals surface area contributed by atoms with Gasteiger partial charge in [-0.2, -0.15) is 0 Å². The molecule has 1 heterocycles. The second-order valence-corrected chi connectivity index (χ2v) is 10.3. The summed E-state index contributed by atoms with van der Waals surface area (Å²) in [4.78, 5) is 18.4. The average molecular weight is 455 g/mol. The molecule has 2 aromatic rings. The van der Waals surface area contributed by atoms with E-state index in [2.05, 4.69) is 10.3 Å². The zero-order chi connectivity index (χ0) is 22.5. The minimum Gasteiger partial charge on any atom is -0.338 e. The molecule has 9 heteroatoms. The zero-order valence-electron chi connectivity index (χ0n) is 18.2. The number of rotatable bonds is 9. The molecule has 0 aliphatic carbocycles. The summed E-state index contributed by atoms with van der Waals surface area (Å²) in [6, 6.07) is 6.49. The molecule has 1 aromatic heterocycles. The molecule has 0 radical (unpaired) electrons. The van der Waals surface area contributed by atoms with Gasteiger partial charge in [0.25, 0.3) is 0 Å². The maximum atomic E-state index is 13.1. The maximum absolute atomic E-state index is 13.1. The molecule has 2 rings (SSSR count). The van der Waals surface area contributed by atoms with Crippen LogP contribution in [0.5, 0.6) is 0 Å². The normalized spacial score (nSPS) is 11.9. The number of hydrogen-bond acceptors (Lipinski definition) is 4. The number of urea groups is 1. The summed E-state index contributed by atoms with van der Waals surface area (Å²) in [7, 11) is -3.70. The van der Waals surface area contributed by atoms with Crippen LogP contribution in [-0.4, -0.2) is 42.0 Å². The van der Waals surface area contributed by atoms with Crippen LogP contribution in [0.4, 0.5) is 4.79 Å². The number of benzene rings is 1. The van der Waals surface area contributed by atoms with E-state index in [9.17, 15) is 13.2 Å². The van der Waals surface area contributed by atoms with Gasteiger partial charge in [0.15, 0.2) is 0 Å². The Bertz CT molecular complexity index is 970. The van der Waals surface area contributed by atoms with Crippen molar-refractivity contribution < 1.29 is 13.2 Å². The van der Waals surface area contributed by atoms with Crippen LogP contribution in [0, 0.1) is 5.92 Å². The second kappa shape index (κ2) is 10.3. The number of nitrogens with one attached hydrogen (secondary N) is 1. The predicted molar refractivity (Wildman–Crippen MR) is 119 cm³/mol. The highest BCUT2D eigenvalue weighted by atomic mass is 35.5. The van der Waals surface area contributed by atoms with Crippen molar-refractivity contribution in [2.75, 3.05) is 13.1 Å². The fraction of sp³-hybridized carbons (Fsp3) is 0.524. The van der Waals surface area contributed by atoms with E-state index in [0.29, 0.717) is 29.4 Å². The first kappa shape index (κ1) is 24.2. The van der Waals surface area contributed by atoms with Gasteiger partial charge in [-0.25, -0.2) is 18.2 Å². The van der Waals surface area contributed by atoms with E-state index < -0.39 is 9.84 Å². The van der Waals surface area contributed by atoms with E-state index in [-0.39, 0.29) is 35.4 Å². The molecule has 0 spiro atoms. The number of nitrogens with zero attached hydrogens (tertiary/aromatic N) is 3. The van der Waals surface area contributed by atoms with Crippen molar-refractivity contribution in [3.05, 3.63) is 46.7 Å². The number of amides is 2. The highest BCUT2D eigenvalue weighted by Gasteiger charge is 2.27. The molecule has 0 atom stereocenters. The molecule has 0 saturated carbocycles. The summed E-state index contributed by atoms with van der Waals surface area (Å²) in [6.07, 6.45) is 1.55. The number of aromatic nitrogens is 2. The van der Waals surface area contributed by atoms with Gasteiger partial charge in [-0.05, 0) is 44.4 Å². The van der Waals surface area contributed by atoms with Gasteiger partial charge in [0.2, 0.25) is 15.0 Å². The first-order valence-electron chi connectivity index (χ1n) is 10.1. The van der Waals surface area contributed by atoms with Crippen molar-refractivity contribution in [2.45, 2.75) is 58.1 Å². The van der Waals surface area contributed by atoms with Crippen LogP contribution < -0.4 is 5.32 Å². The quantitative estimate of drug-likeness (QED) is 0.612. The molecule has 1 aromatic carbocycles. The molecule has 166 valence electrons. The summed E-state index contributed by atoms with van der Waals surface area (Å²) in [6.45, 7) is 11.1. The van der Waals surface area contributed by atoms with Gasteiger partial charge in [0.05, 0.1) is 24.2 Å². The Morgan fingerprint density at radius 2 is 1.97 bits per heavy atom. The summed E-state index contributed by atoms with van der Waals surface area (Å²) < 4.78 is 28.0. The first-order chi connectivity index (χ1) is 14.0. The van der Waals surface area contributed by atoms with E-state index in [1.54, 1.807) is 39.9 Å². The van der Waals surface area contributed by atoms with Crippen LogP contribution in [0.3, 0.4) is 0 Å². The SMILES string of the molecule is CCNC(=O)N(Cc1cnc(S(=O)(=O)Cc2cccc(Cl)c2)n1C(C)C)CC(C)C. The summed E-state index contributed by atoms with van der Waals surface area (Å²) in [5.41, 5.74) is 1.28. The molecule has 2 amide bonds. The number of carbonyl (C=O) groups excluding carboxylic acids is 1.